The minimum atomic E-state index is 0.423. The summed E-state index contributed by atoms with van der Waals surface area (Å²) in [5.74, 6) is 2.68. The van der Waals surface area contributed by atoms with E-state index in [-0.39, 0.29) is 0 Å². The highest BCUT2D eigenvalue weighted by atomic mass is 16.3. The molecule has 0 N–H and O–H groups in total. The van der Waals surface area contributed by atoms with Crippen LogP contribution < -0.4 is 9.80 Å². The van der Waals surface area contributed by atoms with Gasteiger partial charge in [0.2, 0.25) is 0 Å². The van der Waals surface area contributed by atoms with Crippen LogP contribution in [0, 0.1) is 0 Å². The van der Waals surface area contributed by atoms with Crippen LogP contribution in [0.15, 0.2) is 179 Å². The van der Waals surface area contributed by atoms with Crippen LogP contribution >= 0.6 is 0 Å². The van der Waals surface area contributed by atoms with Crippen molar-refractivity contribution in [3.8, 4) is 0 Å². The zero-order valence-electron chi connectivity index (χ0n) is 36.6. The van der Waals surface area contributed by atoms with Gasteiger partial charge in [0.1, 0.15) is 11.5 Å². The van der Waals surface area contributed by atoms with Crippen molar-refractivity contribution in [3.63, 3.8) is 0 Å². The van der Waals surface area contributed by atoms with E-state index in [4.69, 9.17) is 8.83 Å². The fourth-order valence-corrected chi connectivity index (χ4v) is 10.2. The Hall–Kier alpha value is -7.56. The van der Waals surface area contributed by atoms with Crippen molar-refractivity contribution in [2.75, 3.05) is 9.80 Å². The molecule has 0 saturated heterocycles. The highest BCUT2D eigenvalue weighted by Crippen LogP contribution is 2.50. The lowest BCUT2D eigenvalue weighted by Gasteiger charge is -2.29. The molecule has 0 atom stereocenters. The smallest absolute Gasteiger partial charge is 0.159 e. The summed E-state index contributed by atoms with van der Waals surface area (Å²) in [6, 6.07) is 49.8. The molecule has 2 aliphatic carbocycles. The van der Waals surface area contributed by atoms with Crippen molar-refractivity contribution in [2.45, 2.75) is 52.4 Å². The molecule has 2 aromatic heterocycles. The van der Waals surface area contributed by atoms with Gasteiger partial charge in [-0.15, -0.1) is 0 Å². The van der Waals surface area contributed by atoms with Crippen LogP contribution in [-0.2, 0) is 12.8 Å². The molecule has 0 radical (unpaired) electrons. The number of benzene rings is 8. The molecule has 0 spiro atoms. The van der Waals surface area contributed by atoms with Gasteiger partial charge in [0.25, 0.3) is 0 Å². The Morgan fingerprint density at radius 2 is 0.828 bits per heavy atom. The molecule has 2 heterocycles. The number of hydrogen-bond acceptors (Lipinski definition) is 4. The molecule has 8 aromatic carbocycles. The average Bonchev–Trinajstić information content (AvgIpc) is 3.63. The standard InChI is InChI=1S/C60H48N2O2/c1-37(2)39-21-29-43(30-22-39)61(53-17-11-15-47-45-13-7-5-9-19-55(45)63-59(47)53)51-35-27-41-26-34-50-52(36-28-42-25-33-49(51)57(41)58(42)50)62(44-31-23-40(24-32-44)38(3)4)54-18-12-16-48-46-14-8-6-10-20-56(46)64-60(48)54/h5-12,15-38H,13-14H2,1-4H3. The van der Waals surface area contributed by atoms with Crippen LogP contribution in [0.3, 0.4) is 0 Å². The maximum atomic E-state index is 6.83. The molecule has 0 bridgehead atoms. The van der Waals surface area contributed by atoms with Gasteiger partial charge < -0.3 is 18.6 Å². The molecule has 4 heteroatoms. The third-order valence-electron chi connectivity index (χ3n) is 13.5. The fraction of sp³-hybridized carbons (Fsp3) is 0.133. The number of allylic oxidation sites excluding steroid dienone is 6. The Morgan fingerprint density at radius 3 is 1.25 bits per heavy atom. The molecule has 0 aliphatic heterocycles. The van der Waals surface area contributed by atoms with Gasteiger partial charge in [0, 0.05) is 44.0 Å². The number of rotatable bonds is 8. The minimum Gasteiger partial charge on any atom is -0.454 e. The van der Waals surface area contributed by atoms with Crippen LogP contribution in [0.1, 0.15) is 73.3 Å². The Kier molecular flexibility index (Phi) is 8.98. The van der Waals surface area contributed by atoms with E-state index >= 15 is 0 Å². The maximum absolute atomic E-state index is 6.83. The summed E-state index contributed by atoms with van der Waals surface area (Å²) in [6.07, 6.45) is 18.6. The summed E-state index contributed by atoms with van der Waals surface area (Å²) in [6.45, 7) is 9.00. The van der Waals surface area contributed by atoms with E-state index in [2.05, 4.69) is 220 Å². The van der Waals surface area contributed by atoms with Crippen LogP contribution in [0.25, 0.3) is 66.4 Å². The number of hydrogen-bond donors (Lipinski definition) is 0. The van der Waals surface area contributed by atoms with Gasteiger partial charge in [-0.25, -0.2) is 0 Å². The lowest BCUT2D eigenvalue weighted by molar-refractivity contribution is 0.600. The highest BCUT2D eigenvalue weighted by Gasteiger charge is 2.27. The van der Waals surface area contributed by atoms with Crippen molar-refractivity contribution in [3.05, 3.63) is 204 Å². The van der Waals surface area contributed by atoms with E-state index in [0.717, 1.165) is 80.4 Å². The van der Waals surface area contributed by atoms with E-state index in [1.165, 1.54) is 54.6 Å². The zero-order valence-corrected chi connectivity index (χ0v) is 36.6. The molecule has 0 fully saturated rings. The summed E-state index contributed by atoms with van der Waals surface area (Å²) in [4.78, 5) is 4.82. The maximum Gasteiger partial charge on any atom is 0.159 e. The summed E-state index contributed by atoms with van der Waals surface area (Å²) < 4.78 is 13.7. The summed E-state index contributed by atoms with van der Waals surface area (Å²) in [7, 11) is 0. The van der Waals surface area contributed by atoms with Gasteiger partial charge in [-0.2, -0.15) is 0 Å². The van der Waals surface area contributed by atoms with E-state index < -0.39 is 0 Å². The molecule has 310 valence electrons. The predicted molar refractivity (Wildman–Crippen MR) is 271 cm³/mol. The Bertz CT molecular complexity index is 3320. The largest absolute Gasteiger partial charge is 0.454 e. The second-order valence-corrected chi connectivity index (χ2v) is 17.9. The number of fused-ring (bicyclic) bond motifs is 6. The first-order chi connectivity index (χ1) is 31.4. The second kappa shape index (κ2) is 15.1. The van der Waals surface area contributed by atoms with Crippen LogP contribution in [0.4, 0.5) is 34.1 Å². The van der Waals surface area contributed by atoms with E-state index in [0.29, 0.717) is 11.8 Å². The summed E-state index contributed by atoms with van der Waals surface area (Å²) >= 11 is 0. The first-order valence-electron chi connectivity index (χ1n) is 22.7. The van der Waals surface area contributed by atoms with E-state index in [9.17, 15) is 0 Å². The summed E-state index contributed by atoms with van der Waals surface area (Å²) in [5.41, 5.74) is 13.2. The lowest BCUT2D eigenvalue weighted by Crippen LogP contribution is -2.12. The minimum absolute atomic E-state index is 0.423. The summed E-state index contributed by atoms with van der Waals surface area (Å²) in [5, 5.41) is 9.53. The van der Waals surface area contributed by atoms with Crippen molar-refractivity contribution >= 4 is 101 Å². The van der Waals surface area contributed by atoms with Crippen molar-refractivity contribution in [1.29, 1.82) is 0 Å². The van der Waals surface area contributed by atoms with Crippen LogP contribution in [-0.4, -0.2) is 0 Å². The van der Waals surface area contributed by atoms with Gasteiger partial charge in [-0.3, -0.25) is 0 Å². The zero-order chi connectivity index (χ0) is 43.1. The van der Waals surface area contributed by atoms with Gasteiger partial charge >= 0.3 is 0 Å². The van der Waals surface area contributed by atoms with Gasteiger partial charge in [0.15, 0.2) is 11.2 Å². The van der Waals surface area contributed by atoms with E-state index in [1.807, 2.05) is 0 Å². The molecule has 0 saturated carbocycles. The number of nitrogens with zero attached hydrogens (tertiary/aromatic N) is 2. The Morgan fingerprint density at radius 1 is 0.406 bits per heavy atom. The topological polar surface area (TPSA) is 32.8 Å². The van der Waals surface area contributed by atoms with Crippen LogP contribution in [0.5, 0.6) is 0 Å². The quantitative estimate of drug-likeness (QED) is 0.143. The molecule has 2 aliphatic rings. The van der Waals surface area contributed by atoms with Gasteiger partial charge in [0.05, 0.1) is 22.7 Å². The predicted octanol–water partition coefficient (Wildman–Crippen LogP) is 17.5. The SMILES string of the molecule is CC(C)c1ccc(N(c2ccc3ccc4c(N(c5ccc(C(C)C)cc5)c5cccc6c7c(oc56)C=CC=CC7)ccc5ccc2c3c54)c2cccc3c4c(oc23)C=CC=CC4)cc1. The third kappa shape index (κ3) is 6.04. The first-order valence-corrected chi connectivity index (χ1v) is 22.7. The van der Waals surface area contributed by atoms with Crippen molar-refractivity contribution < 1.29 is 8.83 Å². The molecule has 0 unspecified atom stereocenters. The lowest BCUT2D eigenvalue weighted by atomic mass is 9.91. The molecule has 64 heavy (non-hydrogen) atoms. The number of furan rings is 2. The average molecular weight is 829 g/mol. The third-order valence-corrected chi connectivity index (χ3v) is 13.5. The fourth-order valence-electron chi connectivity index (χ4n) is 10.2. The molecule has 10 aromatic rings. The molecular weight excluding hydrogens is 781 g/mol. The molecule has 0 amide bonds. The normalized spacial score (nSPS) is 13.5. The highest BCUT2D eigenvalue weighted by molar-refractivity contribution is 6.28. The van der Waals surface area contributed by atoms with Gasteiger partial charge in [-0.1, -0.05) is 149 Å². The van der Waals surface area contributed by atoms with Crippen molar-refractivity contribution in [2.24, 2.45) is 0 Å². The first kappa shape index (κ1) is 38.1. The molecular formula is C60H48N2O2. The van der Waals surface area contributed by atoms with E-state index in [1.54, 1.807) is 0 Å². The number of anilines is 6. The molecule has 12 rings (SSSR count). The second-order valence-electron chi connectivity index (χ2n) is 17.9. The Labute approximate surface area is 373 Å². The van der Waals surface area contributed by atoms with Crippen molar-refractivity contribution in [1.82, 2.24) is 0 Å². The monoisotopic (exact) mass is 828 g/mol. The van der Waals surface area contributed by atoms with Gasteiger partial charge in [-0.05, 0) is 118 Å². The molecule has 4 nitrogen and oxygen atoms in total. The number of para-hydroxylation sites is 2. The Balaban J connectivity index is 1.11. The van der Waals surface area contributed by atoms with Crippen LogP contribution in [0.2, 0.25) is 0 Å².